The van der Waals surface area contributed by atoms with Gasteiger partial charge in [0.1, 0.15) is 5.75 Å². The molecule has 1 aliphatic heterocycles. The molecule has 4 rings (SSSR count). The molecule has 0 atom stereocenters. The van der Waals surface area contributed by atoms with Crippen LogP contribution >= 0.6 is 11.3 Å². The normalized spacial score (nSPS) is 12.6. The Morgan fingerprint density at radius 2 is 2.22 bits per heavy atom. The molecule has 0 spiro atoms. The van der Waals surface area contributed by atoms with Crippen LogP contribution in [0.5, 0.6) is 11.6 Å². The molecular weight excluding hydrogens is 368 g/mol. The van der Waals surface area contributed by atoms with E-state index in [0.717, 1.165) is 5.56 Å². The molecule has 1 aliphatic rings. The van der Waals surface area contributed by atoms with Crippen molar-refractivity contribution in [3.63, 3.8) is 0 Å². The van der Waals surface area contributed by atoms with Crippen LogP contribution in [0.3, 0.4) is 0 Å². The minimum Gasteiger partial charge on any atom is -0.482 e. The van der Waals surface area contributed by atoms with E-state index in [1.54, 1.807) is 24.3 Å². The fraction of sp³-hybridized carbons (Fsp3) is 0.111. The van der Waals surface area contributed by atoms with Crippen LogP contribution in [-0.4, -0.2) is 35.5 Å². The van der Waals surface area contributed by atoms with Crippen LogP contribution < -0.4 is 20.1 Å². The lowest BCUT2D eigenvalue weighted by atomic mass is 10.1. The Hall–Kier alpha value is -3.46. The Kier molecular flexibility index (Phi) is 4.43. The number of hydrogen-bond acceptors (Lipinski definition) is 7. The van der Waals surface area contributed by atoms with E-state index in [1.165, 1.54) is 24.6 Å². The maximum atomic E-state index is 12.3. The van der Waals surface area contributed by atoms with E-state index in [9.17, 15) is 9.59 Å². The summed E-state index contributed by atoms with van der Waals surface area (Å²) in [5.41, 5.74) is 2.50. The number of pyridine rings is 1. The van der Waals surface area contributed by atoms with Gasteiger partial charge in [-0.2, -0.15) is 0 Å². The summed E-state index contributed by atoms with van der Waals surface area (Å²) in [5.74, 6) is 0.553. The van der Waals surface area contributed by atoms with Crippen LogP contribution in [0.1, 0.15) is 10.4 Å². The summed E-state index contributed by atoms with van der Waals surface area (Å²) < 4.78 is 10.3. The Bertz CT molecular complexity index is 1020. The maximum absolute atomic E-state index is 12.3. The van der Waals surface area contributed by atoms with Gasteiger partial charge in [0.25, 0.3) is 11.8 Å². The monoisotopic (exact) mass is 382 g/mol. The number of anilines is 2. The summed E-state index contributed by atoms with van der Waals surface area (Å²) in [6, 6.07) is 8.67. The molecule has 3 heterocycles. The minimum atomic E-state index is -0.308. The van der Waals surface area contributed by atoms with Gasteiger partial charge >= 0.3 is 0 Å². The predicted molar refractivity (Wildman–Crippen MR) is 100 cm³/mol. The number of amides is 2. The number of carbonyl (C=O) groups is 2. The minimum absolute atomic E-state index is 0.0133. The van der Waals surface area contributed by atoms with Crippen molar-refractivity contribution in [2.75, 3.05) is 24.4 Å². The number of aromatic nitrogens is 2. The highest BCUT2D eigenvalue weighted by molar-refractivity contribution is 7.14. The number of rotatable bonds is 4. The summed E-state index contributed by atoms with van der Waals surface area (Å²) in [7, 11) is 1.51. The third-order valence-electron chi connectivity index (χ3n) is 3.84. The molecule has 0 aliphatic carbocycles. The molecule has 0 saturated carbocycles. The van der Waals surface area contributed by atoms with Gasteiger partial charge in [-0.05, 0) is 24.3 Å². The van der Waals surface area contributed by atoms with E-state index in [-0.39, 0.29) is 18.4 Å². The smallest absolute Gasteiger partial charge is 0.262 e. The van der Waals surface area contributed by atoms with Crippen molar-refractivity contribution in [2.45, 2.75) is 0 Å². The molecule has 0 fully saturated rings. The lowest BCUT2D eigenvalue weighted by Crippen LogP contribution is -2.25. The van der Waals surface area contributed by atoms with Gasteiger partial charge < -0.3 is 14.8 Å². The first-order chi connectivity index (χ1) is 13.1. The molecule has 1 aromatic carbocycles. The van der Waals surface area contributed by atoms with Crippen LogP contribution in [0.25, 0.3) is 11.3 Å². The van der Waals surface area contributed by atoms with Crippen molar-refractivity contribution in [1.82, 2.24) is 9.97 Å². The average Bonchev–Trinajstić information content (AvgIpc) is 3.16. The summed E-state index contributed by atoms with van der Waals surface area (Å²) in [4.78, 5) is 32.2. The Morgan fingerprint density at radius 1 is 1.33 bits per heavy atom. The van der Waals surface area contributed by atoms with Crippen molar-refractivity contribution < 1.29 is 19.1 Å². The zero-order chi connectivity index (χ0) is 18.8. The van der Waals surface area contributed by atoms with Crippen molar-refractivity contribution >= 4 is 34.0 Å². The van der Waals surface area contributed by atoms with Gasteiger partial charge in [-0.3, -0.25) is 14.9 Å². The third-order valence-corrected chi connectivity index (χ3v) is 4.60. The highest BCUT2D eigenvalue weighted by Crippen LogP contribution is 2.33. The van der Waals surface area contributed by atoms with Gasteiger partial charge in [0, 0.05) is 23.2 Å². The highest BCUT2D eigenvalue weighted by atomic mass is 32.1. The second-order valence-electron chi connectivity index (χ2n) is 5.63. The zero-order valence-electron chi connectivity index (χ0n) is 14.2. The summed E-state index contributed by atoms with van der Waals surface area (Å²) in [6.45, 7) is 0.0133. The highest BCUT2D eigenvalue weighted by Gasteiger charge is 2.17. The summed E-state index contributed by atoms with van der Waals surface area (Å²) in [6.07, 6.45) is 1.44. The number of thiazole rings is 1. The number of benzene rings is 1. The molecule has 9 heteroatoms. The van der Waals surface area contributed by atoms with Crippen molar-refractivity contribution in [3.8, 4) is 22.9 Å². The molecule has 2 N–H and O–H groups in total. The SMILES string of the molecule is COc1ccc(C(=O)Nc2nc(-c3ccc4c(c3)NC(=O)CO4)cs2)cn1. The van der Waals surface area contributed by atoms with E-state index >= 15 is 0 Å². The number of hydrogen-bond donors (Lipinski definition) is 2. The Balaban J connectivity index is 1.50. The van der Waals surface area contributed by atoms with Gasteiger partial charge in [-0.1, -0.05) is 0 Å². The molecule has 8 nitrogen and oxygen atoms in total. The number of nitrogens with one attached hydrogen (secondary N) is 2. The fourth-order valence-electron chi connectivity index (χ4n) is 2.51. The average molecular weight is 382 g/mol. The van der Waals surface area contributed by atoms with Crippen LogP contribution in [0.15, 0.2) is 41.9 Å². The molecule has 3 aromatic rings. The third kappa shape index (κ3) is 3.58. The lowest BCUT2D eigenvalue weighted by Gasteiger charge is -2.18. The van der Waals surface area contributed by atoms with E-state index < -0.39 is 0 Å². The van der Waals surface area contributed by atoms with Crippen molar-refractivity contribution in [2.24, 2.45) is 0 Å². The summed E-state index contributed by atoms with van der Waals surface area (Å²) in [5, 5.41) is 7.80. The maximum Gasteiger partial charge on any atom is 0.262 e. The fourth-order valence-corrected chi connectivity index (χ4v) is 3.23. The lowest BCUT2D eigenvalue weighted by molar-refractivity contribution is -0.118. The first-order valence-corrected chi connectivity index (χ1v) is 8.84. The largest absolute Gasteiger partial charge is 0.482 e. The Labute approximate surface area is 158 Å². The molecule has 0 saturated heterocycles. The van der Waals surface area contributed by atoms with Crippen molar-refractivity contribution in [3.05, 3.63) is 47.5 Å². The molecular formula is C18H14N4O4S. The molecule has 2 amide bonds. The first kappa shape index (κ1) is 17.0. The Morgan fingerprint density at radius 3 is 3.00 bits per heavy atom. The van der Waals surface area contributed by atoms with Crippen molar-refractivity contribution in [1.29, 1.82) is 0 Å². The number of methoxy groups -OCH3 is 1. The quantitative estimate of drug-likeness (QED) is 0.719. The van der Waals surface area contributed by atoms with E-state index in [1.807, 2.05) is 11.4 Å². The van der Waals surface area contributed by atoms with Gasteiger partial charge in [0.15, 0.2) is 11.7 Å². The number of ether oxygens (including phenoxy) is 2. The van der Waals surface area contributed by atoms with Crippen LogP contribution in [0.2, 0.25) is 0 Å². The number of nitrogens with zero attached hydrogens (tertiary/aromatic N) is 2. The molecule has 0 bridgehead atoms. The number of carbonyl (C=O) groups excluding carboxylic acids is 2. The van der Waals surface area contributed by atoms with E-state index in [0.29, 0.717) is 33.7 Å². The predicted octanol–water partition coefficient (Wildman–Crippen LogP) is 2.80. The second-order valence-corrected chi connectivity index (χ2v) is 6.49. The molecule has 27 heavy (non-hydrogen) atoms. The topological polar surface area (TPSA) is 102 Å². The number of fused-ring (bicyclic) bond motifs is 1. The standard InChI is InChI=1S/C18H14N4O4S/c1-25-16-5-3-11(7-19-16)17(24)22-18-21-13(9-27-18)10-2-4-14-12(6-10)20-15(23)8-26-14/h2-7,9H,8H2,1H3,(H,20,23)(H,21,22,24). The zero-order valence-corrected chi connectivity index (χ0v) is 15.0. The van der Waals surface area contributed by atoms with Crippen LogP contribution in [0.4, 0.5) is 10.8 Å². The summed E-state index contributed by atoms with van der Waals surface area (Å²) >= 11 is 1.31. The van der Waals surface area contributed by atoms with Gasteiger partial charge in [0.05, 0.1) is 24.1 Å². The van der Waals surface area contributed by atoms with Gasteiger partial charge in [-0.25, -0.2) is 9.97 Å². The first-order valence-electron chi connectivity index (χ1n) is 7.96. The molecule has 0 radical (unpaired) electrons. The second kappa shape index (κ2) is 7.04. The molecule has 136 valence electrons. The molecule has 0 unspecified atom stereocenters. The van der Waals surface area contributed by atoms with Gasteiger partial charge in [-0.15, -0.1) is 11.3 Å². The van der Waals surface area contributed by atoms with E-state index in [2.05, 4.69) is 20.6 Å². The molecule has 2 aromatic heterocycles. The van der Waals surface area contributed by atoms with Gasteiger partial charge in [0.2, 0.25) is 5.88 Å². The van der Waals surface area contributed by atoms with Crippen LogP contribution in [-0.2, 0) is 4.79 Å². The van der Waals surface area contributed by atoms with E-state index in [4.69, 9.17) is 9.47 Å². The van der Waals surface area contributed by atoms with Crippen LogP contribution in [0, 0.1) is 0 Å².